The number of carbonyl (C=O) groups is 1. The number of thiophene rings is 1. The van der Waals surface area contributed by atoms with Crippen LogP contribution in [0.4, 0.5) is 0 Å². The Morgan fingerprint density at radius 3 is 2.86 bits per heavy atom. The van der Waals surface area contributed by atoms with Crippen molar-refractivity contribution in [1.29, 1.82) is 0 Å². The number of likely N-dealkylation sites (tertiary alicyclic amines) is 1. The van der Waals surface area contributed by atoms with Crippen LogP contribution in [0.2, 0.25) is 0 Å². The van der Waals surface area contributed by atoms with Gasteiger partial charge in [-0.05, 0) is 30.7 Å². The molecule has 2 aromatic heterocycles. The summed E-state index contributed by atoms with van der Waals surface area (Å²) in [6, 6.07) is 4.13. The maximum absolute atomic E-state index is 12.3. The minimum atomic E-state index is 0.278. The molecule has 0 bridgehead atoms. The van der Waals surface area contributed by atoms with Gasteiger partial charge in [0.1, 0.15) is 12.2 Å². The first-order valence-electron chi connectivity index (χ1n) is 7.38. The summed E-state index contributed by atoms with van der Waals surface area (Å²) < 4.78 is 1.99. The van der Waals surface area contributed by atoms with E-state index in [0.717, 1.165) is 38.2 Å². The third-order valence-electron chi connectivity index (χ3n) is 4.12. The fraction of sp³-hybridized carbons (Fsp3) is 0.533. The van der Waals surface area contributed by atoms with E-state index in [1.165, 1.54) is 4.88 Å². The lowest BCUT2D eigenvalue weighted by atomic mass is 9.95. The molecule has 1 aliphatic rings. The zero-order valence-electron chi connectivity index (χ0n) is 12.2. The first-order valence-corrected chi connectivity index (χ1v) is 8.26. The van der Waals surface area contributed by atoms with E-state index >= 15 is 0 Å². The van der Waals surface area contributed by atoms with Gasteiger partial charge in [0.2, 0.25) is 5.91 Å². The molecule has 112 valence electrons. The second kappa shape index (κ2) is 6.39. The lowest BCUT2D eigenvalue weighted by Crippen LogP contribution is -2.38. The lowest BCUT2D eigenvalue weighted by Gasteiger charge is -2.31. The molecule has 0 N–H and O–H groups in total. The fourth-order valence-corrected chi connectivity index (χ4v) is 3.60. The highest BCUT2D eigenvalue weighted by Crippen LogP contribution is 2.26. The van der Waals surface area contributed by atoms with Crippen molar-refractivity contribution in [3.05, 3.63) is 34.5 Å². The summed E-state index contributed by atoms with van der Waals surface area (Å²) in [7, 11) is 1.98. The van der Waals surface area contributed by atoms with Gasteiger partial charge in [0.25, 0.3) is 0 Å². The van der Waals surface area contributed by atoms with Crippen LogP contribution in [0.25, 0.3) is 0 Å². The largest absolute Gasteiger partial charge is 0.343 e. The Bertz CT molecular complexity index is 585. The number of nitrogens with zero attached hydrogens (tertiary/aromatic N) is 4. The smallest absolute Gasteiger partial charge is 0.222 e. The summed E-state index contributed by atoms with van der Waals surface area (Å²) in [5.74, 6) is 1.75. The monoisotopic (exact) mass is 304 g/mol. The summed E-state index contributed by atoms with van der Waals surface area (Å²) >= 11 is 1.72. The van der Waals surface area contributed by atoms with Gasteiger partial charge in [0.15, 0.2) is 0 Å². The van der Waals surface area contributed by atoms with E-state index in [1.807, 2.05) is 22.6 Å². The third kappa shape index (κ3) is 3.32. The topological polar surface area (TPSA) is 51.0 Å². The van der Waals surface area contributed by atoms with Gasteiger partial charge in [-0.2, -0.15) is 0 Å². The van der Waals surface area contributed by atoms with Crippen LogP contribution >= 0.6 is 11.3 Å². The van der Waals surface area contributed by atoms with Crippen LogP contribution in [0.15, 0.2) is 23.8 Å². The van der Waals surface area contributed by atoms with Crippen LogP contribution in [0.3, 0.4) is 0 Å². The second-order valence-electron chi connectivity index (χ2n) is 5.53. The molecule has 0 unspecified atom stereocenters. The first kappa shape index (κ1) is 14.3. The molecule has 3 rings (SSSR count). The molecule has 0 atom stereocenters. The van der Waals surface area contributed by atoms with Crippen LogP contribution in [0.5, 0.6) is 0 Å². The van der Waals surface area contributed by atoms with E-state index in [2.05, 4.69) is 21.6 Å². The molecule has 21 heavy (non-hydrogen) atoms. The van der Waals surface area contributed by atoms with Gasteiger partial charge in [-0.25, -0.2) is 0 Å². The van der Waals surface area contributed by atoms with Crippen LogP contribution in [-0.4, -0.2) is 38.7 Å². The zero-order chi connectivity index (χ0) is 14.7. The molecule has 5 nitrogen and oxygen atoms in total. The summed E-state index contributed by atoms with van der Waals surface area (Å²) in [5.41, 5.74) is 0. The van der Waals surface area contributed by atoms with E-state index in [-0.39, 0.29) is 5.91 Å². The van der Waals surface area contributed by atoms with Crippen molar-refractivity contribution in [1.82, 2.24) is 19.7 Å². The standard InChI is InChI=1S/C15H20N4OS/c1-18-11-16-17-15(18)12-6-8-19(9-7-12)14(20)5-4-13-3-2-10-21-13/h2-3,10-12H,4-9H2,1H3. The highest BCUT2D eigenvalue weighted by Gasteiger charge is 2.26. The van der Waals surface area contributed by atoms with Gasteiger partial charge in [-0.1, -0.05) is 6.07 Å². The number of hydrogen-bond acceptors (Lipinski definition) is 4. The van der Waals surface area contributed by atoms with Crippen molar-refractivity contribution in [2.45, 2.75) is 31.6 Å². The molecule has 6 heteroatoms. The minimum Gasteiger partial charge on any atom is -0.343 e. The Hall–Kier alpha value is -1.69. The average molecular weight is 304 g/mol. The third-order valence-corrected chi connectivity index (χ3v) is 5.06. The zero-order valence-corrected chi connectivity index (χ0v) is 13.1. The van der Waals surface area contributed by atoms with Gasteiger partial charge < -0.3 is 9.47 Å². The normalized spacial score (nSPS) is 16.3. The van der Waals surface area contributed by atoms with Gasteiger partial charge in [0.05, 0.1) is 0 Å². The van der Waals surface area contributed by atoms with E-state index in [4.69, 9.17) is 0 Å². The quantitative estimate of drug-likeness (QED) is 0.870. The van der Waals surface area contributed by atoms with Gasteiger partial charge in [-0.15, -0.1) is 21.5 Å². The molecule has 1 saturated heterocycles. The number of carbonyl (C=O) groups excluding carboxylic acids is 1. The Labute approximate surface area is 128 Å². The van der Waals surface area contributed by atoms with Gasteiger partial charge in [0, 0.05) is 37.4 Å². The highest BCUT2D eigenvalue weighted by atomic mass is 32.1. The van der Waals surface area contributed by atoms with Crippen molar-refractivity contribution in [3.63, 3.8) is 0 Å². The Kier molecular flexibility index (Phi) is 4.34. The van der Waals surface area contributed by atoms with Crippen LogP contribution in [0.1, 0.15) is 35.9 Å². The predicted molar refractivity (Wildman–Crippen MR) is 82.2 cm³/mol. The summed E-state index contributed by atoms with van der Waals surface area (Å²) in [5, 5.41) is 10.2. The molecule has 0 spiro atoms. The number of rotatable bonds is 4. The Morgan fingerprint density at radius 1 is 1.43 bits per heavy atom. The first-order chi connectivity index (χ1) is 10.2. The Morgan fingerprint density at radius 2 is 2.24 bits per heavy atom. The van der Waals surface area contributed by atoms with E-state index < -0.39 is 0 Å². The number of aromatic nitrogens is 3. The highest BCUT2D eigenvalue weighted by molar-refractivity contribution is 7.09. The second-order valence-corrected chi connectivity index (χ2v) is 6.57. The number of amides is 1. The van der Waals surface area contributed by atoms with Gasteiger partial charge in [-0.3, -0.25) is 4.79 Å². The number of aryl methyl sites for hydroxylation is 2. The van der Waals surface area contributed by atoms with Crippen molar-refractivity contribution >= 4 is 17.2 Å². The molecular formula is C15H20N4OS. The molecule has 1 aliphatic heterocycles. The predicted octanol–water partition coefficient (Wildman–Crippen LogP) is 2.22. The molecule has 1 fully saturated rings. The van der Waals surface area contributed by atoms with Crippen molar-refractivity contribution < 1.29 is 4.79 Å². The number of piperidine rings is 1. The van der Waals surface area contributed by atoms with Gasteiger partial charge >= 0.3 is 0 Å². The van der Waals surface area contributed by atoms with E-state index in [1.54, 1.807) is 17.7 Å². The summed E-state index contributed by atoms with van der Waals surface area (Å²) in [4.78, 5) is 15.5. The Balaban J connectivity index is 1.49. The molecule has 1 amide bonds. The minimum absolute atomic E-state index is 0.278. The van der Waals surface area contributed by atoms with Crippen LogP contribution < -0.4 is 0 Å². The van der Waals surface area contributed by atoms with E-state index in [9.17, 15) is 4.79 Å². The molecule has 0 aromatic carbocycles. The molecule has 2 aromatic rings. The SMILES string of the molecule is Cn1cnnc1C1CCN(C(=O)CCc2cccs2)CC1. The van der Waals surface area contributed by atoms with Crippen molar-refractivity contribution in [2.24, 2.45) is 7.05 Å². The molecule has 0 radical (unpaired) electrons. The number of hydrogen-bond donors (Lipinski definition) is 0. The van der Waals surface area contributed by atoms with Crippen molar-refractivity contribution in [2.75, 3.05) is 13.1 Å². The molecule has 0 saturated carbocycles. The molecule has 0 aliphatic carbocycles. The summed E-state index contributed by atoms with van der Waals surface area (Å²) in [6.07, 6.45) is 5.19. The average Bonchev–Trinajstić information content (AvgIpc) is 3.16. The maximum Gasteiger partial charge on any atom is 0.222 e. The van der Waals surface area contributed by atoms with E-state index in [0.29, 0.717) is 12.3 Å². The van der Waals surface area contributed by atoms with Crippen molar-refractivity contribution in [3.8, 4) is 0 Å². The molecule has 3 heterocycles. The van der Waals surface area contributed by atoms with Crippen LogP contribution in [-0.2, 0) is 18.3 Å². The lowest BCUT2D eigenvalue weighted by molar-refractivity contribution is -0.132. The summed E-state index contributed by atoms with van der Waals surface area (Å²) in [6.45, 7) is 1.67. The van der Waals surface area contributed by atoms with Crippen LogP contribution in [0, 0.1) is 0 Å². The molecular weight excluding hydrogens is 284 g/mol. The maximum atomic E-state index is 12.3. The fourth-order valence-electron chi connectivity index (χ4n) is 2.89.